The average molecular weight is 293 g/mol. The highest BCUT2D eigenvalue weighted by molar-refractivity contribution is 7.13. The van der Waals surface area contributed by atoms with Crippen LogP contribution in [0.2, 0.25) is 0 Å². The molecule has 0 aliphatic heterocycles. The summed E-state index contributed by atoms with van der Waals surface area (Å²) >= 11 is 1.59. The molecule has 1 aromatic carbocycles. The van der Waals surface area contributed by atoms with Crippen LogP contribution in [0.1, 0.15) is 0 Å². The normalized spacial score (nSPS) is 11.0. The lowest BCUT2D eigenvalue weighted by Crippen LogP contribution is -2.01. The van der Waals surface area contributed by atoms with E-state index in [0.717, 1.165) is 21.6 Å². The van der Waals surface area contributed by atoms with E-state index in [1.165, 1.54) is 0 Å². The Balaban J connectivity index is 1.98. The molecular formula is C15H11N5S. The summed E-state index contributed by atoms with van der Waals surface area (Å²) in [6.07, 6.45) is 1.70. The highest BCUT2D eigenvalue weighted by Gasteiger charge is 2.13. The SMILES string of the molecule is Nc1nc(-c2cccs2)nc2c1cnn2-c1ccccc1. The number of nitrogen functional groups attached to an aromatic ring is 1. The van der Waals surface area contributed by atoms with Crippen LogP contribution >= 0.6 is 11.3 Å². The Morgan fingerprint density at radius 1 is 1.00 bits per heavy atom. The second kappa shape index (κ2) is 4.68. The van der Waals surface area contributed by atoms with Crippen molar-refractivity contribution in [1.82, 2.24) is 19.7 Å². The maximum atomic E-state index is 6.05. The number of rotatable bonds is 2. The number of fused-ring (bicyclic) bond motifs is 1. The minimum absolute atomic E-state index is 0.450. The molecule has 0 spiro atoms. The van der Waals surface area contributed by atoms with Crippen LogP contribution < -0.4 is 5.73 Å². The second-order valence-electron chi connectivity index (χ2n) is 4.54. The van der Waals surface area contributed by atoms with E-state index < -0.39 is 0 Å². The lowest BCUT2D eigenvalue weighted by atomic mass is 10.3. The van der Waals surface area contributed by atoms with Crippen LogP contribution in [0.5, 0.6) is 0 Å². The van der Waals surface area contributed by atoms with Gasteiger partial charge in [0, 0.05) is 0 Å². The Hall–Kier alpha value is -2.73. The molecule has 6 heteroatoms. The van der Waals surface area contributed by atoms with Gasteiger partial charge in [-0.3, -0.25) is 0 Å². The summed E-state index contributed by atoms with van der Waals surface area (Å²) < 4.78 is 1.78. The Morgan fingerprint density at radius 3 is 2.62 bits per heavy atom. The molecule has 2 N–H and O–H groups in total. The van der Waals surface area contributed by atoms with Crippen LogP contribution in [0.25, 0.3) is 27.4 Å². The van der Waals surface area contributed by atoms with Crippen molar-refractivity contribution in [1.29, 1.82) is 0 Å². The fourth-order valence-corrected chi connectivity index (χ4v) is 2.86. The highest BCUT2D eigenvalue weighted by atomic mass is 32.1. The van der Waals surface area contributed by atoms with Gasteiger partial charge < -0.3 is 5.73 Å². The van der Waals surface area contributed by atoms with Gasteiger partial charge in [0.1, 0.15) is 5.82 Å². The molecule has 4 rings (SSSR count). The Kier molecular flexibility index (Phi) is 2.68. The maximum Gasteiger partial charge on any atom is 0.173 e. The van der Waals surface area contributed by atoms with Crippen LogP contribution in [0.4, 0.5) is 5.82 Å². The largest absolute Gasteiger partial charge is 0.383 e. The quantitative estimate of drug-likeness (QED) is 0.616. The molecule has 3 aromatic heterocycles. The summed E-state index contributed by atoms with van der Waals surface area (Å²) in [6, 6.07) is 13.8. The van der Waals surface area contributed by atoms with Gasteiger partial charge in [0.05, 0.1) is 22.1 Å². The molecule has 0 unspecified atom stereocenters. The molecule has 0 atom stereocenters. The van der Waals surface area contributed by atoms with Crippen molar-refractivity contribution < 1.29 is 0 Å². The van der Waals surface area contributed by atoms with Gasteiger partial charge >= 0.3 is 0 Å². The van der Waals surface area contributed by atoms with Crippen molar-refractivity contribution in [2.24, 2.45) is 0 Å². The van der Waals surface area contributed by atoms with Crippen LogP contribution in [-0.2, 0) is 0 Å². The second-order valence-corrected chi connectivity index (χ2v) is 5.49. The molecule has 0 bridgehead atoms. The molecule has 0 aliphatic rings. The first-order valence-electron chi connectivity index (χ1n) is 6.43. The van der Waals surface area contributed by atoms with Crippen molar-refractivity contribution in [2.75, 3.05) is 5.73 Å². The summed E-state index contributed by atoms with van der Waals surface area (Å²) in [5.41, 5.74) is 7.72. The maximum absolute atomic E-state index is 6.05. The third-order valence-corrected chi connectivity index (χ3v) is 4.07. The molecule has 5 nitrogen and oxygen atoms in total. The number of para-hydroxylation sites is 1. The van der Waals surface area contributed by atoms with Crippen LogP contribution in [0.15, 0.2) is 54.0 Å². The molecule has 0 aliphatic carbocycles. The zero-order chi connectivity index (χ0) is 14.2. The minimum atomic E-state index is 0.450. The summed E-state index contributed by atoms with van der Waals surface area (Å²) in [4.78, 5) is 10.00. The summed E-state index contributed by atoms with van der Waals surface area (Å²) in [6.45, 7) is 0. The number of nitrogens with two attached hydrogens (primary N) is 1. The van der Waals surface area contributed by atoms with Gasteiger partial charge in [-0.25, -0.2) is 14.6 Å². The third-order valence-electron chi connectivity index (χ3n) is 3.20. The van der Waals surface area contributed by atoms with Gasteiger partial charge in [-0.05, 0) is 23.6 Å². The number of anilines is 1. The van der Waals surface area contributed by atoms with E-state index in [9.17, 15) is 0 Å². The number of hydrogen-bond donors (Lipinski definition) is 1. The van der Waals surface area contributed by atoms with Gasteiger partial charge in [-0.15, -0.1) is 11.3 Å². The molecule has 3 heterocycles. The molecule has 21 heavy (non-hydrogen) atoms. The van der Waals surface area contributed by atoms with E-state index in [0.29, 0.717) is 11.6 Å². The van der Waals surface area contributed by atoms with E-state index in [-0.39, 0.29) is 0 Å². The Morgan fingerprint density at radius 2 is 1.86 bits per heavy atom. The predicted molar refractivity (Wildman–Crippen MR) is 84.4 cm³/mol. The first-order valence-corrected chi connectivity index (χ1v) is 7.31. The third kappa shape index (κ3) is 1.96. The van der Waals surface area contributed by atoms with Gasteiger partial charge in [0.2, 0.25) is 0 Å². The van der Waals surface area contributed by atoms with Crippen LogP contribution in [0.3, 0.4) is 0 Å². The van der Waals surface area contributed by atoms with Crippen molar-refractivity contribution in [3.8, 4) is 16.4 Å². The van der Waals surface area contributed by atoms with Crippen LogP contribution in [-0.4, -0.2) is 19.7 Å². The molecule has 0 fully saturated rings. The van der Waals surface area contributed by atoms with Crippen molar-refractivity contribution >= 4 is 28.2 Å². The molecule has 0 saturated heterocycles. The lowest BCUT2D eigenvalue weighted by molar-refractivity contribution is 0.896. The van der Waals surface area contributed by atoms with E-state index in [2.05, 4.69) is 15.1 Å². The minimum Gasteiger partial charge on any atom is -0.383 e. The smallest absolute Gasteiger partial charge is 0.173 e. The van der Waals surface area contributed by atoms with Crippen molar-refractivity contribution in [3.05, 3.63) is 54.0 Å². The zero-order valence-electron chi connectivity index (χ0n) is 11.0. The van der Waals surface area contributed by atoms with Gasteiger partial charge in [0.25, 0.3) is 0 Å². The number of aromatic nitrogens is 4. The van der Waals surface area contributed by atoms with Gasteiger partial charge in [-0.2, -0.15) is 5.10 Å². The summed E-state index contributed by atoms with van der Waals surface area (Å²) in [5.74, 6) is 1.08. The van der Waals surface area contributed by atoms with Gasteiger partial charge in [-0.1, -0.05) is 24.3 Å². The van der Waals surface area contributed by atoms with E-state index in [1.54, 1.807) is 22.2 Å². The molecule has 102 valence electrons. The molecule has 0 amide bonds. The fraction of sp³-hybridized carbons (Fsp3) is 0. The number of nitrogens with zero attached hydrogens (tertiary/aromatic N) is 4. The highest BCUT2D eigenvalue weighted by Crippen LogP contribution is 2.27. The monoisotopic (exact) mass is 293 g/mol. The lowest BCUT2D eigenvalue weighted by Gasteiger charge is -2.04. The van der Waals surface area contributed by atoms with E-state index in [4.69, 9.17) is 5.73 Å². The van der Waals surface area contributed by atoms with Crippen LogP contribution in [0, 0.1) is 0 Å². The van der Waals surface area contributed by atoms with Crippen molar-refractivity contribution in [2.45, 2.75) is 0 Å². The predicted octanol–water partition coefficient (Wildman–Crippen LogP) is 3.13. The molecular weight excluding hydrogens is 282 g/mol. The standard InChI is InChI=1S/C15H11N5S/c16-13-11-9-17-20(10-5-2-1-3-6-10)15(11)19-14(18-13)12-7-4-8-21-12/h1-9H,(H2,16,18,19). The Bertz CT molecular complexity index is 897. The topological polar surface area (TPSA) is 69.6 Å². The zero-order valence-corrected chi connectivity index (χ0v) is 11.8. The van der Waals surface area contributed by atoms with E-state index in [1.807, 2.05) is 47.8 Å². The number of benzene rings is 1. The van der Waals surface area contributed by atoms with E-state index >= 15 is 0 Å². The van der Waals surface area contributed by atoms with Crippen molar-refractivity contribution in [3.63, 3.8) is 0 Å². The first kappa shape index (κ1) is 12.0. The molecule has 0 radical (unpaired) electrons. The Labute approximate surface area is 124 Å². The number of thiophene rings is 1. The fourth-order valence-electron chi connectivity index (χ4n) is 2.20. The summed E-state index contributed by atoms with van der Waals surface area (Å²) in [7, 11) is 0. The molecule has 0 saturated carbocycles. The summed E-state index contributed by atoms with van der Waals surface area (Å²) in [5, 5.41) is 7.14. The van der Waals surface area contributed by atoms with Gasteiger partial charge in [0.15, 0.2) is 11.5 Å². The average Bonchev–Trinajstić information content (AvgIpc) is 3.18. The number of hydrogen-bond acceptors (Lipinski definition) is 5. The molecule has 4 aromatic rings. The first-order chi connectivity index (χ1) is 10.3.